The highest BCUT2D eigenvalue weighted by Gasteiger charge is 2.35. The van der Waals surface area contributed by atoms with Crippen LogP contribution >= 0.6 is 11.8 Å². The molecule has 3 rings (SSSR count). The van der Waals surface area contributed by atoms with E-state index in [0.29, 0.717) is 5.41 Å². The maximum Gasteiger partial charge on any atom is 0.00727 e. The van der Waals surface area contributed by atoms with E-state index in [-0.39, 0.29) is 0 Å². The monoisotopic (exact) mass is 289 g/mol. The molecule has 0 atom stereocenters. The van der Waals surface area contributed by atoms with Gasteiger partial charge in [0.05, 0.1) is 0 Å². The molecule has 20 heavy (non-hydrogen) atoms. The van der Waals surface area contributed by atoms with Crippen LogP contribution in [-0.4, -0.2) is 36.0 Å². The molecule has 0 amide bonds. The van der Waals surface area contributed by atoms with Crippen molar-refractivity contribution in [2.75, 3.05) is 31.1 Å². The first-order valence-corrected chi connectivity index (χ1v) is 9.31. The lowest BCUT2D eigenvalue weighted by Gasteiger charge is -2.34. The summed E-state index contributed by atoms with van der Waals surface area (Å²) < 4.78 is 0. The van der Waals surface area contributed by atoms with Gasteiger partial charge in [0.15, 0.2) is 0 Å². The minimum atomic E-state index is 0.484. The van der Waals surface area contributed by atoms with Gasteiger partial charge in [-0.15, -0.1) is 0 Å². The Morgan fingerprint density at radius 1 is 1.05 bits per heavy atom. The Bertz CT molecular complexity index is 414. The first kappa shape index (κ1) is 14.5. The third-order valence-electron chi connectivity index (χ3n) is 5.23. The van der Waals surface area contributed by atoms with E-state index in [1.807, 2.05) is 0 Å². The summed E-state index contributed by atoms with van der Waals surface area (Å²) in [5, 5.41) is 0. The number of hydrogen-bond donors (Lipinski definition) is 0. The third-order valence-corrected chi connectivity index (χ3v) is 6.18. The van der Waals surface area contributed by atoms with Gasteiger partial charge in [0.1, 0.15) is 0 Å². The molecule has 0 spiro atoms. The molecule has 0 radical (unpaired) electrons. The maximum atomic E-state index is 2.69. The number of benzene rings is 1. The van der Waals surface area contributed by atoms with Gasteiger partial charge < -0.3 is 4.90 Å². The molecule has 1 aliphatic carbocycles. The van der Waals surface area contributed by atoms with Gasteiger partial charge in [-0.1, -0.05) is 42.7 Å². The molecular formula is C18H27NS. The van der Waals surface area contributed by atoms with Crippen LogP contribution in [0.4, 0.5) is 0 Å². The molecule has 0 bridgehead atoms. The zero-order chi connectivity index (χ0) is 13.8. The second-order valence-corrected chi connectivity index (χ2v) is 7.78. The second kappa shape index (κ2) is 6.53. The van der Waals surface area contributed by atoms with E-state index in [1.165, 1.54) is 68.8 Å². The van der Waals surface area contributed by atoms with Crippen molar-refractivity contribution in [3.8, 4) is 0 Å². The Kier molecular flexibility index (Phi) is 4.72. The summed E-state index contributed by atoms with van der Waals surface area (Å²) in [5.74, 6) is 2.66. The van der Waals surface area contributed by atoms with Crippen LogP contribution in [0.1, 0.15) is 43.2 Å². The highest BCUT2D eigenvalue weighted by molar-refractivity contribution is 7.99. The van der Waals surface area contributed by atoms with Gasteiger partial charge in [-0.05, 0) is 43.7 Å². The van der Waals surface area contributed by atoms with Crippen molar-refractivity contribution in [1.29, 1.82) is 0 Å². The van der Waals surface area contributed by atoms with Gasteiger partial charge in [0, 0.05) is 24.6 Å². The average Bonchev–Trinajstić information content (AvgIpc) is 2.97. The Hall–Kier alpha value is -0.470. The molecule has 1 heterocycles. The molecule has 1 aromatic rings. The second-order valence-electron chi connectivity index (χ2n) is 6.56. The average molecular weight is 289 g/mol. The van der Waals surface area contributed by atoms with Crippen molar-refractivity contribution in [2.24, 2.45) is 0 Å². The molecule has 2 heteroatoms. The van der Waals surface area contributed by atoms with Crippen LogP contribution in [-0.2, 0) is 5.41 Å². The van der Waals surface area contributed by atoms with E-state index in [9.17, 15) is 0 Å². The van der Waals surface area contributed by atoms with E-state index in [1.54, 1.807) is 5.56 Å². The largest absolute Gasteiger partial charge is 0.302 e. The predicted molar refractivity (Wildman–Crippen MR) is 89.7 cm³/mol. The Morgan fingerprint density at radius 2 is 1.70 bits per heavy atom. The molecule has 2 fully saturated rings. The summed E-state index contributed by atoms with van der Waals surface area (Å²) in [7, 11) is 0. The van der Waals surface area contributed by atoms with Crippen LogP contribution in [0.2, 0.25) is 0 Å². The van der Waals surface area contributed by atoms with Gasteiger partial charge in [-0.3, -0.25) is 0 Å². The van der Waals surface area contributed by atoms with Crippen molar-refractivity contribution in [2.45, 2.75) is 44.4 Å². The van der Waals surface area contributed by atoms with Gasteiger partial charge in [-0.25, -0.2) is 0 Å². The molecule has 110 valence electrons. The van der Waals surface area contributed by atoms with Crippen molar-refractivity contribution in [1.82, 2.24) is 4.90 Å². The van der Waals surface area contributed by atoms with Crippen molar-refractivity contribution >= 4 is 11.8 Å². The zero-order valence-corrected chi connectivity index (χ0v) is 13.6. The number of thioether (sulfide) groups is 1. The standard InChI is InChI=1S/C18H27NS/c1-16-4-6-17(7-5-16)18(8-2-3-9-18)10-11-19-12-14-20-15-13-19/h4-7H,2-3,8-15H2,1H3. The lowest BCUT2D eigenvalue weighted by Crippen LogP contribution is -2.37. The highest BCUT2D eigenvalue weighted by atomic mass is 32.2. The maximum absolute atomic E-state index is 2.69. The molecule has 1 nitrogen and oxygen atoms in total. The van der Waals surface area contributed by atoms with Crippen LogP contribution in [0.25, 0.3) is 0 Å². The zero-order valence-electron chi connectivity index (χ0n) is 12.7. The van der Waals surface area contributed by atoms with E-state index in [2.05, 4.69) is 47.9 Å². The molecule has 0 N–H and O–H groups in total. The van der Waals surface area contributed by atoms with Crippen LogP contribution in [0.5, 0.6) is 0 Å². The molecule has 1 saturated carbocycles. The first-order valence-electron chi connectivity index (χ1n) is 8.16. The van der Waals surface area contributed by atoms with Crippen LogP contribution in [0, 0.1) is 6.92 Å². The summed E-state index contributed by atoms with van der Waals surface area (Å²) in [6.45, 7) is 6.09. The summed E-state index contributed by atoms with van der Waals surface area (Å²) >= 11 is 2.11. The molecule has 0 unspecified atom stereocenters. The Labute approximate surface area is 128 Å². The molecular weight excluding hydrogens is 262 g/mol. The number of rotatable bonds is 4. The number of aryl methyl sites for hydroxylation is 1. The SMILES string of the molecule is Cc1ccc(C2(CCN3CCSCC3)CCCC2)cc1. The minimum Gasteiger partial charge on any atom is -0.302 e. The van der Waals surface area contributed by atoms with Crippen LogP contribution in [0.15, 0.2) is 24.3 Å². The van der Waals surface area contributed by atoms with E-state index in [4.69, 9.17) is 0 Å². The summed E-state index contributed by atoms with van der Waals surface area (Å²) in [4.78, 5) is 2.69. The quantitative estimate of drug-likeness (QED) is 0.815. The fraction of sp³-hybridized carbons (Fsp3) is 0.667. The molecule has 0 aromatic heterocycles. The van der Waals surface area contributed by atoms with E-state index in [0.717, 1.165) is 0 Å². The molecule has 1 saturated heterocycles. The summed E-state index contributed by atoms with van der Waals surface area (Å²) in [6.07, 6.45) is 7.01. The summed E-state index contributed by atoms with van der Waals surface area (Å²) in [6, 6.07) is 9.39. The Balaban J connectivity index is 1.69. The normalized spacial score (nSPS) is 23.1. The smallest absolute Gasteiger partial charge is 0.00727 e. The topological polar surface area (TPSA) is 3.24 Å². The van der Waals surface area contributed by atoms with Gasteiger partial charge in [-0.2, -0.15) is 11.8 Å². The van der Waals surface area contributed by atoms with Crippen molar-refractivity contribution in [3.05, 3.63) is 35.4 Å². The van der Waals surface area contributed by atoms with Gasteiger partial charge in [0.25, 0.3) is 0 Å². The number of nitrogens with zero attached hydrogens (tertiary/aromatic N) is 1. The minimum absolute atomic E-state index is 0.484. The lowest BCUT2D eigenvalue weighted by molar-refractivity contribution is 0.256. The summed E-state index contributed by atoms with van der Waals surface area (Å²) in [5.41, 5.74) is 3.47. The van der Waals surface area contributed by atoms with Crippen LogP contribution < -0.4 is 0 Å². The first-order chi connectivity index (χ1) is 9.78. The van der Waals surface area contributed by atoms with E-state index < -0.39 is 0 Å². The fourth-order valence-electron chi connectivity index (χ4n) is 3.84. The van der Waals surface area contributed by atoms with Crippen molar-refractivity contribution in [3.63, 3.8) is 0 Å². The third kappa shape index (κ3) is 3.23. The molecule has 1 aromatic carbocycles. The van der Waals surface area contributed by atoms with Gasteiger partial charge >= 0.3 is 0 Å². The van der Waals surface area contributed by atoms with Crippen LogP contribution in [0.3, 0.4) is 0 Å². The molecule has 2 aliphatic rings. The predicted octanol–water partition coefficient (Wildman–Crippen LogP) is 4.25. The van der Waals surface area contributed by atoms with Gasteiger partial charge in [0.2, 0.25) is 0 Å². The lowest BCUT2D eigenvalue weighted by atomic mass is 9.76. The fourth-order valence-corrected chi connectivity index (χ4v) is 4.82. The molecule has 1 aliphatic heterocycles. The highest BCUT2D eigenvalue weighted by Crippen LogP contribution is 2.44. The Morgan fingerprint density at radius 3 is 2.35 bits per heavy atom. The van der Waals surface area contributed by atoms with Crippen molar-refractivity contribution < 1.29 is 0 Å². The number of hydrogen-bond acceptors (Lipinski definition) is 2. The van der Waals surface area contributed by atoms with E-state index >= 15 is 0 Å².